The fourth-order valence-electron chi connectivity index (χ4n) is 5.95. The van der Waals surface area contributed by atoms with Crippen LogP contribution in [0.5, 0.6) is 0 Å². The summed E-state index contributed by atoms with van der Waals surface area (Å²) in [5, 5.41) is 18.4. The number of carbonyl (C=O) groups excluding carboxylic acids is 6. The van der Waals surface area contributed by atoms with Gasteiger partial charge in [0.1, 0.15) is 30.0 Å². The van der Waals surface area contributed by atoms with Gasteiger partial charge in [0.15, 0.2) is 0 Å². The van der Waals surface area contributed by atoms with Crippen LogP contribution in [0.1, 0.15) is 71.3 Å². The summed E-state index contributed by atoms with van der Waals surface area (Å²) in [6.07, 6.45) is 9.09. The summed E-state index contributed by atoms with van der Waals surface area (Å²) >= 11 is 0. The SMILES string of the molecule is CCCC/C=C/C(=O)N[C@@H](Cc1cccc(F)c1)C(=O)N[C@@H](CO)C(=O)N1CCC[C@H]1C(=O)N(C(=O)C1CC(C)CCN1)[C@@H](C)[C]=O. The summed E-state index contributed by atoms with van der Waals surface area (Å²) in [6.45, 7) is 5.29. The molecular formula is C34H47FN5O7. The molecule has 3 rings (SSSR count). The highest BCUT2D eigenvalue weighted by Crippen LogP contribution is 2.24. The Bertz CT molecular complexity index is 1310. The van der Waals surface area contributed by atoms with Crippen molar-refractivity contribution in [3.63, 3.8) is 0 Å². The third kappa shape index (κ3) is 10.5. The van der Waals surface area contributed by atoms with Gasteiger partial charge in [0.05, 0.1) is 12.6 Å². The highest BCUT2D eigenvalue weighted by molar-refractivity contribution is 6.04. The number of hydrogen-bond acceptors (Lipinski definition) is 8. The highest BCUT2D eigenvalue weighted by Gasteiger charge is 2.44. The lowest BCUT2D eigenvalue weighted by atomic mass is 9.93. The molecule has 2 aliphatic heterocycles. The molecule has 12 nitrogen and oxygen atoms in total. The lowest BCUT2D eigenvalue weighted by molar-refractivity contribution is -0.154. The van der Waals surface area contributed by atoms with E-state index in [1.54, 1.807) is 18.4 Å². The van der Waals surface area contributed by atoms with Crippen LogP contribution in [0.3, 0.4) is 0 Å². The summed E-state index contributed by atoms with van der Waals surface area (Å²) in [5.74, 6) is -3.69. The zero-order chi connectivity index (χ0) is 34.5. The molecule has 2 heterocycles. The monoisotopic (exact) mass is 656 g/mol. The number of imide groups is 1. The summed E-state index contributed by atoms with van der Waals surface area (Å²) < 4.78 is 13.9. The first-order valence-electron chi connectivity index (χ1n) is 16.4. The van der Waals surface area contributed by atoms with Gasteiger partial charge in [0.2, 0.25) is 29.9 Å². The summed E-state index contributed by atoms with van der Waals surface area (Å²) in [6, 6.07) is -0.129. The van der Waals surface area contributed by atoms with E-state index in [0.717, 1.165) is 24.2 Å². The number of allylic oxidation sites excluding steroid dienone is 1. The van der Waals surface area contributed by atoms with E-state index in [4.69, 9.17) is 0 Å². The Kier molecular flexibility index (Phi) is 14.7. The molecule has 0 spiro atoms. The van der Waals surface area contributed by atoms with E-state index in [1.165, 1.54) is 36.1 Å². The Labute approximate surface area is 275 Å². The number of carbonyl (C=O) groups is 5. The molecule has 6 atom stereocenters. The molecule has 47 heavy (non-hydrogen) atoms. The number of likely N-dealkylation sites (tertiary alicyclic amines) is 1. The maximum absolute atomic E-state index is 13.9. The zero-order valence-electron chi connectivity index (χ0n) is 27.4. The molecule has 13 heteroatoms. The quantitative estimate of drug-likeness (QED) is 0.125. The average Bonchev–Trinajstić information content (AvgIpc) is 3.55. The standard InChI is InChI=1S/C34H47FN5O7/c1-4-5-6-7-13-30(43)37-26(19-24-10-8-11-25(35)18-24)31(44)38-28(21-42)32(45)39-16-9-12-29(39)34(47)40(23(3)20-41)33(46)27-17-22(2)14-15-36-27/h7-8,10-11,13,18,22-23,26-29,36,42H,4-6,9,12,14-17,19,21H2,1-3H3,(H,37,43)(H,38,44)/b13-7+/t22?,23-,26-,27?,28-,29-/m0/s1. The number of halogens is 1. The molecule has 1 radical (unpaired) electrons. The molecule has 0 bridgehead atoms. The van der Waals surface area contributed by atoms with E-state index in [2.05, 4.69) is 16.0 Å². The molecule has 2 fully saturated rings. The van der Waals surface area contributed by atoms with Crippen LogP contribution in [-0.2, 0) is 35.2 Å². The van der Waals surface area contributed by atoms with Crippen molar-refractivity contribution in [2.45, 2.75) is 102 Å². The zero-order valence-corrected chi connectivity index (χ0v) is 27.4. The Morgan fingerprint density at radius 3 is 2.60 bits per heavy atom. The van der Waals surface area contributed by atoms with Gasteiger partial charge >= 0.3 is 0 Å². The third-order valence-corrected chi connectivity index (χ3v) is 8.57. The molecule has 4 N–H and O–H groups in total. The molecule has 1 aromatic rings. The lowest BCUT2D eigenvalue weighted by Gasteiger charge is -2.36. The first-order valence-corrected chi connectivity index (χ1v) is 16.4. The van der Waals surface area contributed by atoms with Crippen molar-refractivity contribution in [1.82, 2.24) is 25.8 Å². The van der Waals surface area contributed by atoms with Crippen LogP contribution in [0.2, 0.25) is 0 Å². The second-order valence-electron chi connectivity index (χ2n) is 12.3. The van der Waals surface area contributed by atoms with Crippen molar-refractivity contribution in [2.24, 2.45) is 5.92 Å². The Balaban J connectivity index is 1.78. The summed E-state index contributed by atoms with van der Waals surface area (Å²) in [4.78, 5) is 80.9. The predicted molar refractivity (Wildman–Crippen MR) is 172 cm³/mol. The molecular weight excluding hydrogens is 609 g/mol. The van der Waals surface area contributed by atoms with Crippen LogP contribution in [0, 0.1) is 11.7 Å². The minimum atomic E-state index is -1.48. The molecule has 0 saturated carbocycles. The number of aliphatic hydroxyl groups excluding tert-OH is 1. The van der Waals surface area contributed by atoms with Crippen LogP contribution in [0.25, 0.3) is 0 Å². The fourth-order valence-corrected chi connectivity index (χ4v) is 5.95. The normalized spacial score (nSPS) is 21.5. The highest BCUT2D eigenvalue weighted by atomic mass is 19.1. The van der Waals surface area contributed by atoms with Gasteiger partial charge in [0.25, 0.3) is 5.91 Å². The number of rotatable bonds is 15. The topological polar surface area (TPSA) is 165 Å². The van der Waals surface area contributed by atoms with Crippen molar-refractivity contribution in [1.29, 1.82) is 0 Å². The lowest BCUT2D eigenvalue weighted by Crippen LogP contribution is -2.61. The fraction of sp³-hybridized carbons (Fsp3) is 0.588. The van der Waals surface area contributed by atoms with Crippen LogP contribution in [0.4, 0.5) is 4.39 Å². The Morgan fingerprint density at radius 1 is 1.17 bits per heavy atom. The van der Waals surface area contributed by atoms with Crippen LogP contribution in [0.15, 0.2) is 36.4 Å². The van der Waals surface area contributed by atoms with E-state index in [9.17, 15) is 38.3 Å². The first-order chi connectivity index (χ1) is 22.5. The van der Waals surface area contributed by atoms with Crippen LogP contribution >= 0.6 is 0 Å². The van der Waals surface area contributed by atoms with Crippen molar-refractivity contribution < 1.29 is 38.3 Å². The second-order valence-corrected chi connectivity index (χ2v) is 12.3. The van der Waals surface area contributed by atoms with E-state index in [-0.39, 0.29) is 25.3 Å². The van der Waals surface area contributed by atoms with Crippen molar-refractivity contribution >= 4 is 35.8 Å². The molecule has 2 unspecified atom stereocenters. The smallest absolute Gasteiger partial charge is 0.252 e. The predicted octanol–water partition coefficient (Wildman–Crippen LogP) is 1.31. The molecule has 1 aromatic carbocycles. The number of nitrogens with one attached hydrogen (secondary N) is 3. The maximum atomic E-state index is 13.9. The van der Waals surface area contributed by atoms with Crippen molar-refractivity contribution in [3.8, 4) is 0 Å². The maximum Gasteiger partial charge on any atom is 0.252 e. The molecule has 2 aliphatic rings. The number of hydrogen-bond donors (Lipinski definition) is 4. The Morgan fingerprint density at radius 2 is 1.94 bits per heavy atom. The minimum absolute atomic E-state index is 0.0970. The number of amides is 5. The molecule has 2 saturated heterocycles. The molecule has 5 amide bonds. The molecule has 257 valence electrons. The summed E-state index contributed by atoms with van der Waals surface area (Å²) in [5.41, 5.74) is 0.421. The van der Waals surface area contributed by atoms with Gasteiger partial charge in [-0.2, -0.15) is 0 Å². The van der Waals surface area contributed by atoms with Gasteiger partial charge in [-0.15, -0.1) is 0 Å². The Hall–Kier alpha value is -3.97. The average molecular weight is 657 g/mol. The first kappa shape index (κ1) is 37.5. The largest absolute Gasteiger partial charge is 0.394 e. The summed E-state index contributed by atoms with van der Waals surface area (Å²) in [7, 11) is 0. The van der Waals surface area contributed by atoms with Gasteiger partial charge in [0, 0.05) is 13.0 Å². The molecule has 0 aromatic heterocycles. The van der Waals surface area contributed by atoms with Gasteiger partial charge < -0.3 is 26.0 Å². The van der Waals surface area contributed by atoms with Crippen LogP contribution < -0.4 is 16.0 Å². The van der Waals surface area contributed by atoms with E-state index in [0.29, 0.717) is 31.4 Å². The number of piperidine rings is 1. The van der Waals surface area contributed by atoms with Gasteiger partial charge in [-0.3, -0.25) is 33.7 Å². The second kappa shape index (κ2) is 18.4. The number of aliphatic hydroxyl groups is 1. The number of nitrogens with zero attached hydrogens (tertiary/aromatic N) is 2. The van der Waals surface area contributed by atoms with Crippen molar-refractivity contribution in [3.05, 3.63) is 47.8 Å². The van der Waals surface area contributed by atoms with E-state index in [1.807, 2.05) is 13.8 Å². The van der Waals surface area contributed by atoms with E-state index >= 15 is 0 Å². The molecule has 0 aliphatic carbocycles. The van der Waals surface area contributed by atoms with Gasteiger partial charge in [-0.05, 0) is 75.3 Å². The number of unbranched alkanes of at least 4 members (excludes halogenated alkanes) is 2. The number of benzene rings is 1. The van der Waals surface area contributed by atoms with Crippen molar-refractivity contribution in [2.75, 3.05) is 19.7 Å². The third-order valence-electron chi connectivity index (χ3n) is 8.57. The van der Waals surface area contributed by atoms with Gasteiger partial charge in [-0.1, -0.05) is 44.9 Å². The van der Waals surface area contributed by atoms with Gasteiger partial charge in [-0.25, -0.2) is 4.39 Å². The van der Waals surface area contributed by atoms with Crippen LogP contribution in [-0.4, -0.2) is 101 Å². The van der Waals surface area contributed by atoms with E-state index < -0.39 is 72.2 Å². The minimum Gasteiger partial charge on any atom is -0.394 e.